The Morgan fingerprint density at radius 3 is 2.00 bits per heavy atom. The van der Waals surface area contributed by atoms with Crippen molar-refractivity contribution in [1.29, 1.82) is 0 Å². The van der Waals surface area contributed by atoms with Crippen LogP contribution in [0.4, 0.5) is 0 Å². The van der Waals surface area contributed by atoms with Crippen LogP contribution in [0.25, 0.3) is 0 Å². The van der Waals surface area contributed by atoms with E-state index < -0.39 is 5.92 Å². The van der Waals surface area contributed by atoms with E-state index in [1.54, 1.807) is 7.11 Å². The molecule has 0 bridgehead atoms. The van der Waals surface area contributed by atoms with Gasteiger partial charge in [-0.05, 0) is 46.9 Å². The predicted molar refractivity (Wildman–Crippen MR) is 154 cm³/mol. The quantitative estimate of drug-likeness (QED) is 0.365. The van der Waals surface area contributed by atoms with Gasteiger partial charge in [0.2, 0.25) is 0 Å². The minimum atomic E-state index is -0.429. The summed E-state index contributed by atoms with van der Waals surface area (Å²) in [4.78, 5) is 30.0. The van der Waals surface area contributed by atoms with E-state index >= 15 is 0 Å². The average Bonchev–Trinajstić information content (AvgIpc) is 2.85. The standard InChI is InChI=1S/C33H38ClNO4/c1-32(2)16-24-30(26(36)18-32)29(31-25(35(24)13-14-38-5)17-33(3,4)19-27(31)37)22-11-12-28(23(34)15-22)39-20-21-9-7-6-8-10-21/h6-12,15,29H,13-14,16-20H2,1-5H3. The third-order valence-electron chi connectivity index (χ3n) is 8.07. The Kier molecular flexibility index (Phi) is 7.51. The highest BCUT2D eigenvalue weighted by molar-refractivity contribution is 6.32. The van der Waals surface area contributed by atoms with Crippen molar-refractivity contribution < 1.29 is 19.1 Å². The van der Waals surface area contributed by atoms with Crippen LogP contribution >= 0.6 is 11.6 Å². The van der Waals surface area contributed by atoms with Crippen LogP contribution in [-0.4, -0.2) is 36.7 Å². The van der Waals surface area contributed by atoms with Crippen molar-refractivity contribution in [3.8, 4) is 5.75 Å². The number of hydrogen-bond donors (Lipinski definition) is 0. The maximum atomic E-state index is 13.9. The minimum absolute atomic E-state index is 0.110. The Morgan fingerprint density at radius 1 is 0.872 bits per heavy atom. The number of halogens is 1. The Balaban J connectivity index is 1.60. The Bertz CT molecular complexity index is 1300. The van der Waals surface area contributed by atoms with Crippen LogP contribution in [0.2, 0.25) is 5.02 Å². The maximum Gasteiger partial charge on any atom is 0.162 e. The first-order valence-electron chi connectivity index (χ1n) is 13.7. The summed E-state index contributed by atoms with van der Waals surface area (Å²) in [5.41, 5.74) is 5.13. The van der Waals surface area contributed by atoms with Crippen LogP contribution in [0.3, 0.4) is 0 Å². The van der Waals surface area contributed by atoms with Gasteiger partial charge < -0.3 is 14.4 Å². The number of allylic oxidation sites excluding steroid dienone is 4. The molecule has 0 saturated heterocycles. The zero-order chi connectivity index (χ0) is 27.9. The van der Waals surface area contributed by atoms with E-state index in [4.69, 9.17) is 21.1 Å². The fraction of sp³-hybridized carbons (Fsp3) is 0.455. The van der Waals surface area contributed by atoms with Crippen LogP contribution in [0.15, 0.2) is 71.1 Å². The summed E-state index contributed by atoms with van der Waals surface area (Å²) in [6, 6.07) is 15.7. The van der Waals surface area contributed by atoms with Crippen molar-refractivity contribution >= 4 is 23.2 Å². The van der Waals surface area contributed by atoms with Crippen LogP contribution in [-0.2, 0) is 20.9 Å². The number of ketones is 2. The third-order valence-corrected chi connectivity index (χ3v) is 8.36. The largest absolute Gasteiger partial charge is 0.487 e. The molecule has 206 valence electrons. The Hall–Kier alpha value is -2.89. The predicted octanol–water partition coefficient (Wildman–Crippen LogP) is 7.25. The number of carbonyl (C=O) groups is 2. The van der Waals surface area contributed by atoms with Gasteiger partial charge in [-0.1, -0.05) is 75.7 Å². The summed E-state index contributed by atoms with van der Waals surface area (Å²) in [6.07, 6.45) is 2.45. The summed E-state index contributed by atoms with van der Waals surface area (Å²) in [5.74, 6) is 0.371. The van der Waals surface area contributed by atoms with Crippen LogP contribution in [0, 0.1) is 10.8 Å². The molecule has 0 amide bonds. The van der Waals surface area contributed by atoms with Gasteiger partial charge in [-0.25, -0.2) is 0 Å². The molecular formula is C33H38ClNO4. The smallest absolute Gasteiger partial charge is 0.162 e. The minimum Gasteiger partial charge on any atom is -0.487 e. The van der Waals surface area contributed by atoms with Crippen LogP contribution < -0.4 is 4.74 Å². The Labute approximate surface area is 236 Å². The lowest BCUT2D eigenvalue weighted by Crippen LogP contribution is -2.45. The molecular weight excluding hydrogens is 510 g/mol. The Morgan fingerprint density at radius 2 is 1.46 bits per heavy atom. The molecule has 5 nitrogen and oxygen atoms in total. The number of methoxy groups -OCH3 is 1. The SMILES string of the molecule is COCCN1C2=C(C(=O)CC(C)(C)C2)C(c2ccc(OCc3ccccc3)c(Cl)c2)C2=C1CC(C)(C)CC2=O. The molecule has 39 heavy (non-hydrogen) atoms. The van der Waals surface area contributed by atoms with Gasteiger partial charge in [0.15, 0.2) is 11.6 Å². The van der Waals surface area contributed by atoms with E-state index in [0.717, 1.165) is 46.5 Å². The number of ether oxygens (including phenoxy) is 2. The molecule has 5 rings (SSSR count). The lowest BCUT2D eigenvalue weighted by atomic mass is 9.63. The highest BCUT2D eigenvalue weighted by atomic mass is 35.5. The molecule has 6 heteroatoms. The summed E-state index contributed by atoms with van der Waals surface area (Å²) < 4.78 is 11.5. The molecule has 0 N–H and O–H groups in total. The van der Waals surface area contributed by atoms with Crippen molar-refractivity contribution in [2.45, 2.75) is 65.9 Å². The number of benzene rings is 2. The van der Waals surface area contributed by atoms with Gasteiger partial charge in [-0.15, -0.1) is 0 Å². The monoisotopic (exact) mass is 547 g/mol. The summed E-state index contributed by atoms with van der Waals surface area (Å²) in [6.45, 7) is 10.1. The van der Waals surface area contributed by atoms with Gasteiger partial charge in [0.05, 0.1) is 11.6 Å². The van der Waals surface area contributed by atoms with Crippen molar-refractivity contribution in [2.75, 3.05) is 20.3 Å². The van der Waals surface area contributed by atoms with Crippen molar-refractivity contribution in [3.05, 3.63) is 87.2 Å². The molecule has 0 saturated carbocycles. The van der Waals surface area contributed by atoms with E-state index in [1.807, 2.05) is 48.5 Å². The van der Waals surface area contributed by atoms with Crippen LogP contribution in [0.1, 0.15) is 70.4 Å². The van der Waals surface area contributed by atoms with Crippen LogP contribution in [0.5, 0.6) is 5.75 Å². The highest BCUT2D eigenvalue weighted by Crippen LogP contribution is 2.54. The second-order valence-electron chi connectivity index (χ2n) is 12.6. The molecule has 2 aromatic rings. The fourth-order valence-corrected chi connectivity index (χ4v) is 6.63. The summed E-state index contributed by atoms with van der Waals surface area (Å²) >= 11 is 6.77. The molecule has 0 spiro atoms. The van der Waals surface area contributed by atoms with E-state index in [9.17, 15) is 9.59 Å². The molecule has 0 unspecified atom stereocenters. The number of rotatable bonds is 7. The molecule has 0 radical (unpaired) electrons. The molecule has 1 heterocycles. The molecule has 1 aliphatic heterocycles. The zero-order valence-corrected chi connectivity index (χ0v) is 24.4. The lowest BCUT2D eigenvalue weighted by Gasteiger charge is -2.49. The van der Waals surface area contributed by atoms with E-state index in [-0.39, 0.29) is 22.4 Å². The molecule has 0 aromatic heterocycles. The summed E-state index contributed by atoms with van der Waals surface area (Å²) in [7, 11) is 1.69. The van der Waals surface area contributed by atoms with Gasteiger partial charge in [-0.3, -0.25) is 9.59 Å². The highest BCUT2D eigenvalue weighted by Gasteiger charge is 2.48. The van der Waals surface area contributed by atoms with Gasteiger partial charge in [0.1, 0.15) is 12.4 Å². The number of carbonyl (C=O) groups excluding carboxylic acids is 2. The first-order valence-corrected chi connectivity index (χ1v) is 14.1. The zero-order valence-electron chi connectivity index (χ0n) is 23.6. The number of Topliss-reactive ketones (excluding diaryl/α,β-unsaturated/α-hetero) is 2. The molecule has 0 atom stereocenters. The topological polar surface area (TPSA) is 55.8 Å². The molecule has 3 aliphatic rings. The molecule has 2 aliphatic carbocycles. The lowest BCUT2D eigenvalue weighted by molar-refractivity contribution is -0.119. The second-order valence-corrected chi connectivity index (χ2v) is 13.1. The third kappa shape index (κ3) is 5.57. The average molecular weight is 548 g/mol. The van der Waals surface area contributed by atoms with E-state index in [1.165, 1.54) is 0 Å². The van der Waals surface area contributed by atoms with E-state index in [2.05, 4.69) is 32.6 Å². The first kappa shape index (κ1) is 27.7. The molecule has 2 aromatic carbocycles. The maximum absolute atomic E-state index is 13.9. The van der Waals surface area contributed by atoms with Gasteiger partial charge in [-0.2, -0.15) is 0 Å². The first-order chi connectivity index (χ1) is 18.5. The second kappa shape index (κ2) is 10.6. The van der Waals surface area contributed by atoms with Gasteiger partial charge >= 0.3 is 0 Å². The normalized spacial score (nSPS) is 20.7. The van der Waals surface area contributed by atoms with Crippen molar-refractivity contribution in [3.63, 3.8) is 0 Å². The van der Waals surface area contributed by atoms with Gasteiger partial charge in [0.25, 0.3) is 0 Å². The van der Waals surface area contributed by atoms with Crippen molar-refractivity contribution in [1.82, 2.24) is 4.90 Å². The van der Waals surface area contributed by atoms with E-state index in [0.29, 0.717) is 43.4 Å². The van der Waals surface area contributed by atoms with Crippen molar-refractivity contribution in [2.24, 2.45) is 10.8 Å². The molecule has 0 fully saturated rings. The number of hydrogen-bond acceptors (Lipinski definition) is 5. The number of nitrogens with zero attached hydrogens (tertiary/aromatic N) is 1. The summed E-state index contributed by atoms with van der Waals surface area (Å²) in [5, 5.41) is 0.474. The van der Waals surface area contributed by atoms with Gasteiger partial charge in [0, 0.05) is 55.0 Å². The fourth-order valence-electron chi connectivity index (χ4n) is 6.38.